The van der Waals surface area contributed by atoms with Crippen LogP contribution in [0.2, 0.25) is 0 Å². The molecule has 2 heterocycles. The lowest BCUT2D eigenvalue weighted by Gasteiger charge is -2.29. The molecule has 1 N–H and O–H groups in total. The van der Waals surface area contributed by atoms with E-state index in [2.05, 4.69) is 15.2 Å². The second-order valence-corrected chi connectivity index (χ2v) is 5.13. The van der Waals surface area contributed by atoms with Crippen LogP contribution in [0.3, 0.4) is 0 Å². The maximum atomic E-state index is 12.7. The molecular formula is C17H19N3O3. The molecule has 0 unspecified atom stereocenters. The average Bonchev–Trinajstić information content (AvgIpc) is 2.63. The van der Waals surface area contributed by atoms with Gasteiger partial charge in [-0.3, -0.25) is 4.79 Å². The van der Waals surface area contributed by atoms with E-state index in [4.69, 9.17) is 9.47 Å². The number of amides is 1. The number of carbonyl (C=O) groups is 1. The van der Waals surface area contributed by atoms with Gasteiger partial charge in [-0.05, 0) is 24.3 Å². The van der Waals surface area contributed by atoms with Crippen molar-refractivity contribution in [3.8, 4) is 5.75 Å². The summed E-state index contributed by atoms with van der Waals surface area (Å²) in [6, 6.07) is 10.9. The molecule has 1 aliphatic rings. The van der Waals surface area contributed by atoms with E-state index in [1.54, 1.807) is 25.4 Å². The summed E-state index contributed by atoms with van der Waals surface area (Å²) in [6.07, 6.45) is 1.70. The van der Waals surface area contributed by atoms with Gasteiger partial charge in [0.05, 0.1) is 31.6 Å². The molecule has 1 aliphatic heterocycles. The van der Waals surface area contributed by atoms with Crippen molar-refractivity contribution in [3.05, 3.63) is 48.2 Å². The first-order valence-electron chi connectivity index (χ1n) is 7.51. The van der Waals surface area contributed by atoms with E-state index in [0.29, 0.717) is 36.0 Å². The Morgan fingerprint density at radius 3 is 2.78 bits per heavy atom. The van der Waals surface area contributed by atoms with Crippen molar-refractivity contribution in [2.45, 2.75) is 0 Å². The van der Waals surface area contributed by atoms with Crippen LogP contribution in [-0.2, 0) is 4.74 Å². The van der Waals surface area contributed by atoms with Crippen LogP contribution in [0, 0.1) is 0 Å². The number of anilines is 2. The third-order valence-corrected chi connectivity index (χ3v) is 3.70. The molecule has 6 heteroatoms. The number of benzene rings is 1. The molecule has 2 aromatic rings. The highest BCUT2D eigenvalue weighted by molar-refractivity contribution is 6.08. The fourth-order valence-electron chi connectivity index (χ4n) is 2.54. The summed E-state index contributed by atoms with van der Waals surface area (Å²) >= 11 is 0. The molecule has 1 amide bonds. The van der Waals surface area contributed by atoms with Crippen molar-refractivity contribution in [2.75, 3.05) is 43.6 Å². The number of ether oxygens (including phenoxy) is 2. The lowest BCUT2D eigenvalue weighted by Crippen LogP contribution is -2.38. The van der Waals surface area contributed by atoms with Crippen LogP contribution >= 0.6 is 0 Å². The number of carbonyl (C=O) groups excluding carboxylic acids is 1. The van der Waals surface area contributed by atoms with E-state index in [0.717, 1.165) is 13.1 Å². The van der Waals surface area contributed by atoms with Crippen molar-refractivity contribution in [1.82, 2.24) is 4.98 Å². The zero-order valence-corrected chi connectivity index (χ0v) is 13.0. The Hall–Kier alpha value is -2.60. The van der Waals surface area contributed by atoms with Gasteiger partial charge in [0, 0.05) is 19.3 Å². The van der Waals surface area contributed by atoms with Gasteiger partial charge >= 0.3 is 0 Å². The van der Waals surface area contributed by atoms with E-state index in [1.165, 1.54) is 0 Å². The molecule has 0 radical (unpaired) electrons. The number of para-hydroxylation sites is 2. The van der Waals surface area contributed by atoms with Crippen molar-refractivity contribution in [3.63, 3.8) is 0 Å². The summed E-state index contributed by atoms with van der Waals surface area (Å²) in [7, 11) is 1.58. The molecule has 6 nitrogen and oxygen atoms in total. The Morgan fingerprint density at radius 1 is 1.22 bits per heavy atom. The molecule has 0 bridgehead atoms. The van der Waals surface area contributed by atoms with Gasteiger partial charge in [0.15, 0.2) is 0 Å². The molecule has 1 aromatic carbocycles. The van der Waals surface area contributed by atoms with Crippen molar-refractivity contribution in [1.29, 1.82) is 0 Å². The molecule has 0 spiro atoms. The third kappa shape index (κ3) is 3.43. The van der Waals surface area contributed by atoms with Gasteiger partial charge < -0.3 is 19.7 Å². The van der Waals surface area contributed by atoms with E-state index in [-0.39, 0.29) is 5.91 Å². The number of methoxy groups -OCH3 is 1. The maximum absolute atomic E-state index is 12.7. The smallest absolute Gasteiger partial charge is 0.259 e. The Bertz CT molecular complexity index is 684. The number of aromatic nitrogens is 1. The Kier molecular flexibility index (Phi) is 4.73. The van der Waals surface area contributed by atoms with Crippen molar-refractivity contribution >= 4 is 17.4 Å². The minimum Gasteiger partial charge on any atom is -0.495 e. The van der Waals surface area contributed by atoms with Gasteiger partial charge in [-0.1, -0.05) is 12.1 Å². The van der Waals surface area contributed by atoms with Gasteiger partial charge in [0.25, 0.3) is 5.91 Å². The summed E-state index contributed by atoms with van der Waals surface area (Å²) < 4.78 is 10.6. The SMILES string of the molecule is COc1ccccc1NC(=O)c1cccnc1N1CCOCC1. The Labute approximate surface area is 135 Å². The minimum atomic E-state index is -0.205. The molecule has 3 rings (SSSR count). The van der Waals surface area contributed by atoms with E-state index in [1.807, 2.05) is 24.3 Å². The number of nitrogens with one attached hydrogen (secondary N) is 1. The molecule has 1 aromatic heterocycles. The summed E-state index contributed by atoms with van der Waals surface area (Å²) in [6.45, 7) is 2.74. The molecule has 120 valence electrons. The molecule has 0 atom stereocenters. The lowest BCUT2D eigenvalue weighted by molar-refractivity contribution is 0.102. The zero-order valence-electron chi connectivity index (χ0n) is 13.0. The maximum Gasteiger partial charge on any atom is 0.259 e. The fraction of sp³-hybridized carbons (Fsp3) is 0.294. The Balaban J connectivity index is 1.85. The van der Waals surface area contributed by atoms with Crippen LogP contribution in [-0.4, -0.2) is 44.3 Å². The van der Waals surface area contributed by atoms with Crippen LogP contribution in [0.25, 0.3) is 0 Å². The average molecular weight is 313 g/mol. The minimum absolute atomic E-state index is 0.205. The summed E-state index contributed by atoms with van der Waals surface area (Å²) in [5, 5.41) is 2.90. The second kappa shape index (κ2) is 7.11. The van der Waals surface area contributed by atoms with Crippen LogP contribution in [0.15, 0.2) is 42.6 Å². The van der Waals surface area contributed by atoms with Gasteiger partial charge in [-0.2, -0.15) is 0 Å². The number of hydrogen-bond donors (Lipinski definition) is 1. The van der Waals surface area contributed by atoms with Gasteiger partial charge in [0.1, 0.15) is 11.6 Å². The number of hydrogen-bond acceptors (Lipinski definition) is 5. The largest absolute Gasteiger partial charge is 0.495 e. The highest BCUT2D eigenvalue weighted by Crippen LogP contribution is 2.25. The number of rotatable bonds is 4. The lowest BCUT2D eigenvalue weighted by atomic mass is 10.2. The van der Waals surface area contributed by atoms with Crippen LogP contribution in [0.4, 0.5) is 11.5 Å². The first-order valence-corrected chi connectivity index (χ1v) is 7.51. The quantitative estimate of drug-likeness (QED) is 0.937. The molecule has 1 saturated heterocycles. The highest BCUT2D eigenvalue weighted by Gasteiger charge is 2.20. The predicted molar refractivity (Wildman–Crippen MR) is 88.2 cm³/mol. The van der Waals surface area contributed by atoms with Gasteiger partial charge in [-0.25, -0.2) is 4.98 Å². The van der Waals surface area contributed by atoms with E-state index >= 15 is 0 Å². The number of pyridine rings is 1. The van der Waals surface area contributed by atoms with E-state index < -0.39 is 0 Å². The summed E-state index contributed by atoms with van der Waals surface area (Å²) in [4.78, 5) is 19.1. The summed E-state index contributed by atoms with van der Waals surface area (Å²) in [5.74, 6) is 1.10. The molecule has 23 heavy (non-hydrogen) atoms. The predicted octanol–water partition coefficient (Wildman–Crippen LogP) is 2.18. The standard InChI is InChI=1S/C17H19N3O3/c1-22-15-7-3-2-6-14(15)19-17(21)13-5-4-8-18-16(13)20-9-11-23-12-10-20/h2-8H,9-12H2,1H3,(H,19,21). The highest BCUT2D eigenvalue weighted by atomic mass is 16.5. The monoisotopic (exact) mass is 313 g/mol. The van der Waals surface area contributed by atoms with Gasteiger partial charge in [0.2, 0.25) is 0 Å². The second-order valence-electron chi connectivity index (χ2n) is 5.13. The first kappa shape index (κ1) is 15.3. The molecule has 1 fully saturated rings. The molecule has 0 aliphatic carbocycles. The fourth-order valence-corrected chi connectivity index (χ4v) is 2.54. The molecular weight excluding hydrogens is 294 g/mol. The summed E-state index contributed by atoms with van der Waals surface area (Å²) in [5.41, 5.74) is 1.18. The van der Waals surface area contributed by atoms with E-state index in [9.17, 15) is 4.79 Å². The molecule has 0 saturated carbocycles. The normalized spacial score (nSPS) is 14.4. The topological polar surface area (TPSA) is 63.7 Å². The van der Waals surface area contributed by atoms with Crippen molar-refractivity contribution in [2.24, 2.45) is 0 Å². The van der Waals surface area contributed by atoms with Gasteiger partial charge in [-0.15, -0.1) is 0 Å². The number of morpholine rings is 1. The zero-order chi connectivity index (χ0) is 16.1. The van der Waals surface area contributed by atoms with Crippen molar-refractivity contribution < 1.29 is 14.3 Å². The van der Waals surface area contributed by atoms with Crippen LogP contribution in [0.1, 0.15) is 10.4 Å². The number of nitrogens with zero attached hydrogens (tertiary/aromatic N) is 2. The van der Waals surface area contributed by atoms with Crippen LogP contribution in [0.5, 0.6) is 5.75 Å². The Morgan fingerprint density at radius 2 is 2.00 bits per heavy atom. The first-order chi connectivity index (χ1) is 11.3. The van der Waals surface area contributed by atoms with Crippen LogP contribution < -0.4 is 15.0 Å². The third-order valence-electron chi connectivity index (χ3n) is 3.70.